The summed E-state index contributed by atoms with van der Waals surface area (Å²) in [4.78, 5) is 39.7. The first-order chi connectivity index (χ1) is 14.8. The van der Waals surface area contributed by atoms with E-state index in [4.69, 9.17) is 19.4 Å². The summed E-state index contributed by atoms with van der Waals surface area (Å²) in [5.41, 5.74) is 2.03. The molecule has 2 N–H and O–H groups in total. The minimum atomic E-state index is -0.250. The van der Waals surface area contributed by atoms with E-state index in [0.717, 1.165) is 24.2 Å². The van der Waals surface area contributed by atoms with E-state index in [-0.39, 0.29) is 48.4 Å². The number of amides is 2. The lowest BCUT2D eigenvalue weighted by molar-refractivity contribution is -0.136. The van der Waals surface area contributed by atoms with Crippen molar-refractivity contribution >= 4 is 18.3 Å². The average molecular weight is 434 g/mol. The summed E-state index contributed by atoms with van der Waals surface area (Å²) in [7, 11) is 0. The van der Waals surface area contributed by atoms with Crippen LogP contribution in [0, 0.1) is 25.7 Å². The number of likely N-dealkylation sites (tertiary alicyclic amines) is 1. The zero-order valence-electron chi connectivity index (χ0n) is 18.3. The zero-order chi connectivity index (χ0) is 22.6. The van der Waals surface area contributed by atoms with Gasteiger partial charge in [-0.15, -0.1) is 0 Å². The Hall–Kier alpha value is -2.52. The van der Waals surface area contributed by atoms with Crippen molar-refractivity contribution in [3.63, 3.8) is 0 Å². The molecule has 1 spiro atoms. The molecule has 9 heteroatoms. The van der Waals surface area contributed by atoms with Crippen LogP contribution in [0.15, 0.2) is 12.1 Å². The van der Waals surface area contributed by atoms with Gasteiger partial charge in [0.1, 0.15) is 6.61 Å². The molecule has 170 valence electrons. The summed E-state index contributed by atoms with van der Waals surface area (Å²) >= 11 is 0. The van der Waals surface area contributed by atoms with Crippen molar-refractivity contribution < 1.29 is 29.0 Å². The first-order valence-corrected chi connectivity index (χ1v) is 10.7. The van der Waals surface area contributed by atoms with Crippen LogP contribution in [-0.2, 0) is 19.1 Å². The molecule has 31 heavy (non-hydrogen) atoms. The summed E-state index contributed by atoms with van der Waals surface area (Å²) in [5, 5.41) is 9.98. The minimum Gasteiger partial charge on any atom is -0.483 e. The Morgan fingerprint density at radius 1 is 1.42 bits per heavy atom. The SMILES string of the molecule is CCOCC(=O)N1C[C@@H]2[C@H](CNC(=O)c3ccc(C)nc3C)[C@H]3CC[C@]2(C1)O3.O=CO. The molecule has 0 unspecified atom stereocenters. The number of hydrogen-bond acceptors (Lipinski definition) is 6. The van der Waals surface area contributed by atoms with Crippen molar-refractivity contribution in [2.75, 3.05) is 32.8 Å². The molecule has 2 amide bonds. The Morgan fingerprint density at radius 3 is 2.84 bits per heavy atom. The highest BCUT2D eigenvalue weighted by Crippen LogP contribution is 2.54. The lowest BCUT2D eigenvalue weighted by Crippen LogP contribution is -2.42. The number of ether oxygens (including phenoxy) is 2. The predicted molar refractivity (Wildman–Crippen MR) is 112 cm³/mol. The summed E-state index contributed by atoms with van der Waals surface area (Å²) in [5.74, 6) is 0.446. The molecule has 0 aromatic carbocycles. The maximum Gasteiger partial charge on any atom is 0.290 e. The van der Waals surface area contributed by atoms with Crippen LogP contribution in [0.4, 0.5) is 0 Å². The van der Waals surface area contributed by atoms with E-state index in [0.29, 0.717) is 31.8 Å². The van der Waals surface area contributed by atoms with Gasteiger partial charge in [0, 0.05) is 37.2 Å². The van der Waals surface area contributed by atoms with Crippen molar-refractivity contribution in [1.82, 2.24) is 15.2 Å². The van der Waals surface area contributed by atoms with Crippen molar-refractivity contribution in [2.24, 2.45) is 11.8 Å². The average Bonchev–Trinajstić information content (AvgIpc) is 3.39. The van der Waals surface area contributed by atoms with Gasteiger partial charge in [0.25, 0.3) is 12.4 Å². The number of nitrogens with zero attached hydrogens (tertiary/aromatic N) is 2. The number of aromatic nitrogens is 1. The molecule has 9 nitrogen and oxygen atoms in total. The third-order valence-corrected chi connectivity index (χ3v) is 6.53. The maximum absolute atomic E-state index is 12.6. The molecule has 2 bridgehead atoms. The standard InChI is InChI=1S/C21H29N3O4.CH2O2/c1-4-27-11-19(25)24-10-17-16(18-7-8-21(17,12-24)28-18)9-22-20(26)15-6-5-13(2)23-14(15)3;2-1-3/h5-6,16-18H,4,7-12H2,1-3H3,(H,22,26);1H,(H,2,3)/t16-,17+,18+,21+;/m0./s1. The number of aryl methyl sites for hydroxylation is 2. The van der Waals surface area contributed by atoms with Crippen LogP contribution in [-0.4, -0.2) is 77.8 Å². The monoisotopic (exact) mass is 433 g/mol. The third kappa shape index (κ3) is 4.72. The quantitative estimate of drug-likeness (QED) is 0.647. The van der Waals surface area contributed by atoms with E-state index in [1.165, 1.54) is 0 Å². The Kier molecular flexibility index (Phi) is 7.27. The lowest BCUT2D eigenvalue weighted by atomic mass is 9.73. The molecule has 0 saturated carbocycles. The van der Waals surface area contributed by atoms with Gasteiger partial charge in [0.05, 0.1) is 29.5 Å². The second-order valence-corrected chi connectivity index (χ2v) is 8.34. The Bertz CT molecular complexity index is 831. The van der Waals surface area contributed by atoms with Gasteiger partial charge in [-0.05, 0) is 45.7 Å². The topological polar surface area (TPSA) is 118 Å². The van der Waals surface area contributed by atoms with Crippen molar-refractivity contribution in [2.45, 2.75) is 45.3 Å². The fourth-order valence-corrected chi connectivity index (χ4v) is 5.17. The minimum absolute atomic E-state index is 0.0295. The second kappa shape index (κ2) is 9.74. The number of hydrogen-bond donors (Lipinski definition) is 2. The van der Waals surface area contributed by atoms with E-state index < -0.39 is 0 Å². The summed E-state index contributed by atoms with van der Waals surface area (Å²) < 4.78 is 11.6. The van der Waals surface area contributed by atoms with E-state index in [1.807, 2.05) is 37.8 Å². The van der Waals surface area contributed by atoms with Gasteiger partial charge in [-0.1, -0.05) is 0 Å². The molecule has 0 radical (unpaired) electrons. The number of fused-ring (bicyclic) bond motifs is 1. The van der Waals surface area contributed by atoms with Gasteiger partial charge in [-0.2, -0.15) is 0 Å². The Morgan fingerprint density at radius 2 is 2.16 bits per heavy atom. The van der Waals surface area contributed by atoms with Gasteiger partial charge in [0.15, 0.2) is 0 Å². The fraction of sp³-hybridized carbons (Fsp3) is 0.636. The van der Waals surface area contributed by atoms with Crippen LogP contribution in [0.3, 0.4) is 0 Å². The molecule has 3 aliphatic heterocycles. The van der Waals surface area contributed by atoms with Crippen LogP contribution in [0.1, 0.15) is 41.5 Å². The highest BCUT2D eigenvalue weighted by Gasteiger charge is 2.63. The van der Waals surface area contributed by atoms with Crippen LogP contribution in [0.2, 0.25) is 0 Å². The second-order valence-electron chi connectivity index (χ2n) is 8.34. The molecule has 3 aliphatic rings. The third-order valence-electron chi connectivity index (χ3n) is 6.53. The Balaban J connectivity index is 0.000000858. The molecule has 1 aromatic rings. The van der Waals surface area contributed by atoms with Crippen LogP contribution in [0.5, 0.6) is 0 Å². The molecule has 3 saturated heterocycles. The molecular weight excluding hydrogens is 402 g/mol. The van der Waals surface area contributed by atoms with E-state index >= 15 is 0 Å². The van der Waals surface area contributed by atoms with Gasteiger partial charge in [0.2, 0.25) is 5.91 Å². The molecule has 1 aromatic heterocycles. The van der Waals surface area contributed by atoms with Gasteiger partial charge < -0.3 is 24.8 Å². The fourth-order valence-electron chi connectivity index (χ4n) is 5.17. The number of carboxylic acid groups (broad SMARTS) is 1. The lowest BCUT2D eigenvalue weighted by Gasteiger charge is -2.29. The van der Waals surface area contributed by atoms with Crippen LogP contribution in [0.25, 0.3) is 0 Å². The van der Waals surface area contributed by atoms with Gasteiger partial charge >= 0.3 is 0 Å². The highest BCUT2D eigenvalue weighted by molar-refractivity contribution is 5.95. The largest absolute Gasteiger partial charge is 0.483 e. The smallest absolute Gasteiger partial charge is 0.290 e. The van der Waals surface area contributed by atoms with E-state index in [9.17, 15) is 9.59 Å². The molecule has 0 aliphatic carbocycles. The normalized spacial score (nSPS) is 28.0. The summed E-state index contributed by atoms with van der Waals surface area (Å²) in [6.07, 6.45) is 2.16. The number of pyridine rings is 1. The number of carbonyl (C=O) groups is 3. The van der Waals surface area contributed by atoms with Gasteiger partial charge in [-0.25, -0.2) is 0 Å². The van der Waals surface area contributed by atoms with Crippen LogP contribution >= 0.6 is 0 Å². The maximum atomic E-state index is 12.6. The predicted octanol–water partition coefficient (Wildman–Crippen LogP) is 1.17. The van der Waals surface area contributed by atoms with Crippen LogP contribution < -0.4 is 5.32 Å². The zero-order valence-corrected chi connectivity index (χ0v) is 18.3. The Labute approximate surface area is 182 Å². The summed E-state index contributed by atoms with van der Waals surface area (Å²) in [6.45, 7) is 7.98. The van der Waals surface area contributed by atoms with Crippen molar-refractivity contribution in [3.8, 4) is 0 Å². The van der Waals surface area contributed by atoms with E-state index in [1.54, 1.807) is 0 Å². The van der Waals surface area contributed by atoms with Crippen molar-refractivity contribution in [3.05, 3.63) is 29.1 Å². The molecule has 3 fully saturated rings. The molecule has 4 rings (SSSR count). The van der Waals surface area contributed by atoms with Gasteiger partial charge in [-0.3, -0.25) is 19.4 Å². The van der Waals surface area contributed by atoms with E-state index in [2.05, 4.69) is 10.3 Å². The number of nitrogens with one attached hydrogen (secondary N) is 1. The first-order valence-electron chi connectivity index (χ1n) is 10.7. The molecule has 4 atom stereocenters. The highest BCUT2D eigenvalue weighted by atomic mass is 16.5. The first kappa shape index (κ1) is 23.1. The molecule has 4 heterocycles. The van der Waals surface area contributed by atoms with Crippen molar-refractivity contribution in [1.29, 1.82) is 0 Å². The summed E-state index contributed by atoms with van der Waals surface area (Å²) in [6, 6.07) is 3.69. The molecular formula is C22H31N3O6. The number of carbonyl (C=O) groups excluding carboxylic acids is 2. The number of rotatable bonds is 6.